The molecule has 0 radical (unpaired) electrons. The molecular formula is C20H17FN4O. The second-order valence-electron chi connectivity index (χ2n) is 6.73. The number of rotatable bonds is 2. The van der Waals surface area contributed by atoms with Crippen molar-refractivity contribution in [3.05, 3.63) is 59.8 Å². The highest BCUT2D eigenvalue weighted by molar-refractivity contribution is 6.07. The van der Waals surface area contributed by atoms with E-state index in [0.29, 0.717) is 16.8 Å². The Morgan fingerprint density at radius 2 is 2.00 bits per heavy atom. The molecular weight excluding hydrogens is 331 g/mol. The maximum Gasteiger partial charge on any atom is 0.272 e. The van der Waals surface area contributed by atoms with Gasteiger partial charge in [-0.2, -0.15) is 0 Å². The standard InChI is InChI=1S/C20H17FN4O/c1-24-16-6-4-13(21)9-12(16)10-18(24)20(26)22-14-5-7-17-15(11-14)23-19-3-2-8-25(17)19/h4-7,9-11H,2-3,8H2,1H3,(H,22,26). The average Bonchev–Trinajstić information content (AvgIpc) is 3.27. The van der Waals surface area contributed by atoms with E-state index in [1.807, 2.05) is 18.2 Å². The van der Waals surface area contributed by atoms with Crippen molar-refractivity contribution in [1.82, 2.24) is 14.1 Å². The molecule has 1 aliphatic rings. The van der Waals surface area contributed by atoms with Crippen molar-refractivity contribution in [1.29, 1.82) is 0 Å². The summed E-state index contributed by atoms with van der Waals surface area (Å²) in [5.41, 5.74) is 4.01. The fraction of sp³-hybridized carbons (Fsp3) is 0.200. The summed E-state index contributed by atoms with van der Waals surface area (Å²) in [7, 11) is 1.80. The van der Waals surface area contributed by atoms with Crippen LogP contribution in [0, 0.1) is 5.82 Å². The van der Waals surface area contributed by atoms with Crippen molar-refractivity contribution in [2.24, 2.45) is 7.05 Å². The van der Waals surface area contributed by atoms with Gasteiger partial charge in [-0.05, 0) is 48.9 Å². The Morgan fingerprint density at radius 1 is 1.15 bits per heavy atom. The lowest BCUT2D eigenvalue weighted by Crippen LogP contribution is -2.15. The second-order valence-corrected chi connectivity index (χ2v) is 6.73. The van der Waals surface area contributed by atoms with E-state index in [2.05, 4.69) is 14.9 Å². The summed E-state index contributed by atoms with van der Waals surface area (Å²) in [4.78, 5) is 17.4. The molecule has 0 fully saturated rings. The normalized spacial score (nSPS) is 13.5. The van der Waals surface area contributed by atoms with Crippen molar-refractivity contribution in [2.75, 3.05) is 5.32 Å². The van der Waals surface area contributed by atoms with Crippen LogP contribution in [0.1, 0.15) is 22.7 Å². The minimum Gasteiger partial charge on any atom is -0.340 e. The van der Waals surface area contributed by atoms with E-state index in [9.17, 15) is 9.18 Å². The van der Waals surface area contributed by atoms with Crippen LogP contribution in [0.2, 0.25) is 0 Å². The third-order valence-corrected chi connectivity index (χ3v) is 5.10. The van der Waals surface area contributed by atoms with E-state index in [0.717, 1.165) is 41.8 Å². The molecule has 6 heteroatoms. The van der Waals surface area contributed by atoms with E-state index in [-0.39, 0.29) is 11.7 Å². The summed E-state index contributed by atoms with van der Waals surface area (Å²) in [6.07, 6.45) is 2.14. The van der Waals surface area contributed by atoms with Crippen LogP contribution in [0.3, 0.4) is 0 Å². The van der Waals surface area contributed by atoms with Crippen molar-refractivity contribution >= 4 is 33.5 Å². The third kappa shape index (κ3) is 2.22. The zero-order valence-corrected chi connectivity index (χ0v) is 14.3. The summed E-state index contributed by atoms with van der Waals surface area (Å²) >= 11 is 0. The fourth-order valence-corrected chi connectivity index (χ4v) is 3.83. The molecule has 26 heavy (non-hydrogen) atoms. The molecule has 0 spiro atoms. The van der Waals surface area contributed by atoms with Gasteiger partial charge in [0.05, 0.1) is 11.0 Å². The first-order valence-corrected chi connectivity index (χ1v) is 8.66. The Balaban J connectivity index is 1.48. The monoisotopic (exact) mass is 348 g/mol. The molecule has 2 aromatic heterocycles. The number of carbonyl (C=O) groups is 1. The van der Waals surface area contributed by atoms with Crippen LogP contribution in [0.4, 0.5) is 10.1 Å². The summed E-state index contributed by atoms with van der Waals surface area (Å²) in [6.45, 7) is 1.00. The Kier molecular flexibility index (Phi) is 3.16. The molecule has 0 bridgehead atoms. The van der Waals surface area contributed by atoms with Crippen LogP contribution >= 0.6 is 0 Å². The quantitative estimate of drug-likeness (QED) is 0.598. The first-order chi connectivity index (χ1) is 12.6. The van der Waals surface area contributed by atoms with E-state index in [4.69, 9.17) is 0 Å². The molecule has 0 aliphatic carbocycles. The summed E-state index contributed by atoms with van der Waals surface area (Å²) < 4.78 is 17.4. The number of aryl methyl sites for hydroxylation is 3. The average molecular weight is 348 g/mol. The van der Waals surface area contributed by atoms with Gasteiger partial charge in [-0.1, -0.05) is 0 Å². The van der Waals surface area contributed by atoms with Crippen molar-refractivity contribution < 1.29 is 9.18 Å². The maximum absolute atomic E-state index is 13.4. The molecule has 1 aliphatic heterocycles. The first kappa shape index (κ1) is 15.1. The third-order valence-electron chi connectivity index (χ3n) is 5.10. The van der Waals surface area contributed by atoms with Crippen molar-refractivity contribution in [3.63, 3.8) is 0 Å². The molecule has 0 saturated heterocycles. The van der Waals surface area contributed by atoms with Gasteiger partial charge in [-0.15, -0.1) is 0 Å². The predicted molar refractivity (Wildman–Crippen MR) is 98.9 cm³/mol. The van der Waals surface area contributed by atoms with Crippen LogP contribution in [-0.2, 0) is 20.0 Å². The topological polar surface area (TPSA) is 51.9 Å². The smallest absolute Gasteiger partial charge is 0.272 e. The number of halogens is 1. The number of imidazole rings is 1. The van der Waals surface area contributed by atoms with Crippen LogP contribution in [0.15, 0.2) is 42.5 Å². The van der Waals surface area contributed by atoms with E-state index in [1.165, 1.54) is 12.1 Å². The van der Waals surface area contributed by atoms with Gasteiger partial charge in [0, 0.05) is 36.6 Å². The first-order valence-electron chi connectivity index (χ1n) is 8.66. The van der Waals surface area contributed by atoms with Gasteiger partial charge in [0.1, 0.15) is 17.3 Å². The molecule has 5 nitrogen and oxygen atoms in total. The molecule has 2 aromatic carbocycles. The summed E-state index contributed by atoms with van der Waals surface area (Å²) in [5.74, 6) is 0.572. The Morgan fingerprint density at radius 3 is 2.88 bits per heavy atom. The lowest BCUT2D eigenvalue weighted by molar-refractivity contribution is 0.102. The Labute approximate surface area is 149 Å². The minimum atomic E-state index is -0.312. The molecule has 5 rings (SSSR count). The number of aromatic nitrogens is 3. The van der Waals surface area contributed by atoms with Gasteiger partial charge in [0.25, 0.3) is 5.91 Å². The molecule has 1 N–H and O–H groups in total. The maximum atomic E-state index is 13.4. The molecule has 0 unspecified atom stereocenters. The lowest BCUT2D eigenvalue weighted by Gasteiger charge is -2.07. The highest BCUT2D eigenvalue weighted by atomic mass is 19.1. The number of nitrogens with one attached hydrogen (secondary N) is 1. The number of hydrogen-bond donors (Lipinski definition) is 1. The predicted octanol–water partition coefficient (Wildman–Crippen LogP) is 3.87. The number of nitrogens with zero attached hydrogens (tertiary/aromatic N) is 3. The van der Waals surface area contributed by atoms with Gasteiger partial charge in [0.2, 0.25) is 0 Å². The van der Waals surface area contributed by atoms with E-state index in [1.54, 1.807) is 23.7 Å². The molecule has 130 valence electrons. The van der Waals surface area contributed by atoms with Gasteiger partial charge in [-0.3, -0.25) is 4.79 Å². The molecule has 3 heterocycles. The van der Waals surface area contributed by atoms with Crippen LogP contribution in [0.25, 0.3) is 21.9 Å². The SMILES string of the molecule is Cn1c(C(=O)Nc2ccc3c(c2)nc2n3CCC2)cc2cc(F)ccc21. The Bertz CT molecular complexity index is 1190. The molecule has 0 atom stereocenters. The zero-order chi connectivity index (χ0) is 17.8. The Hall–Kier alpha value is -3.15. The summed E-state index contributed by atoms with van der Waals surface area (Å²) in [5, 5.41) is 3.64. The molecule has 1 amide bonds. The zero-order valence-electron chi connectivity index (χ0n) is 14.3. The molecule has 0 saturated carbocycles. The number of carbonyl (C=O) groups excluding carboxylic acids is 1. The number of benzene rings is 2. The number of anilines is 1. The fourth-order valence-electron chi connectivity index (χ4n) is 3.83. The highest BCUT2D eigenvalue weighted by Crippen LogP contribution is 2.26. The lowest BCUT2D eigenvalue weighted by atomic mass is 10.2. The van der Waals surface area contributed by atoms with Crippen LogP contribution < -0.4 is 5.32 Å². The van der Waals surface area contributed by atoms with E-state index < -0.39 is 0 Å². The van der Waals surface area contributed by atoms with Crippen molar-refractivity contribution in [3.8, 4) is 0 Å². The van der Waals surface area contributed by atoms with Gasteiger partial charge in [-0.25, -0.2) is 9.37 Å². The van der Waals surface area contributed by atoms with Gasteiger partial charge in [0.15, 0.2) is 0 Å². The van der Waals surface area contributed by atoms with Gasteiger partial charge >= 0.3 is 0 Å². The highest BCUT2D eigenvalue weighted by Gasteiger charge is 2.17. The molecule has 4 aromatic rings. The number of fused-ring (bicyclic) bond motifs is 4. The van der Waals surface area contributed by atoms with Gasteiger partial charge < -0.3 is 14.5 Å². The minimum absolute atomic E-state index is 0.227. The van der Waals surface area contributed by atoms with Crippen molar-refractivity contribution in [2.45, 2.75) is 19.4 Å². The number of hydrogen-bond acceptors (Lipinski definition) is 2. The van der Waals surface area contributed by atoms with Crippen LogP contribution in [0.5, 0.6) is 0 Å². The van der Waals surface area contributed by atoms with Crippen LogP contribution in [-0.4, -0.2) is 20.0 Å². The van der Waals surface area contributed by atoms with E-state index >= 15 is 0 Å². The number of amides is 1. The second kappa shape index (κ2) is 5.42. The largest absolute Gasteiger partial charge is 0.340 e. The summed E-state index contributed by atoms with van der Waals surface area (Å²) in [6, 6.07) is 12.0.